The summed E-state index contributed by atoms with van der Waals surface area (Å²) in [5.41, 5.74) is 8.65. The molecule has 0 fully saturated rings. The third-order valence-electron chi connectivity index (χ3n) is 3.54. The molecule has 0 radical (unpaired) electrons. The highest BCUT2D eigenvalue weighted by molar-refractivity contribution is 9.10. The maximum Gasteiger partial charge on any atom is 0.0871 e. The summed E-state index contributed by atoms with van der Waals surface area (Å²) in [6.45, 7) is 2.31. The van der Waals surface area contributed by atoms with Gasteiger partial charge in [-0.15, -0.1) is 0 Å². The fourth-order valence-corrected chi connectivity index (χ4v) is 2.92. The Hall–Kier alpha value is -0.580. The van der Waals surface area contributed by atoms with E-state index in [2.05, 4.69) is 15.9 Å². The van der Waals surface area contributed by atoms with E-state index in [4.69, 9.17) is 28.9 Å². The fraction of sp³-hybridized carbons (Fsp3) is 0.250. The predicted molar refractivity (Wildman–Crippen MR) is 92.1 cm³/mol. The van der Waals surface area contributed by atoms with E-state index >= 15 is 0 Å². The molecule has 0 aliphatic carbocycles. The van der Waals surface area contributed by atoms with E-state index in [9.17, 15) is 5.11 Å². The Morgan fingerprint density at radius 2 is 1.76 bits per heavy atom. The van der Waals surface area contributed by atoms with Crippen LogP contribution >= 0.6 is 39.1 Å². The molecule has 0 aliphatic heterocycles. The van der Waals surface area contributed by atoms with Crippen LogP contribution in [0.3, 0.4) is 0 Å². The van der Waals surface area contributed by atoms with Gasteiger partial charge in [-0.05, 0) is 41.8 Å². The van der Waals surface area contributed by atoms with Gasteiger partial charge in [-0.2, -0.15) is 0 Å². The Balaban J connectivity index is 2.35. The molecule has 2 atom stereocenters. The maximum absolute atomic E-state index is 10.6. The first kappa shape index (κ1) is 16.8. The van der Waals surface area contributed by atoms with Crippen LogP contribution in [0.25, 0.3) is 0 Å². The SMILES string of the molecule is Cc1ccc(C(O)C(CN)c2ccc(Cl)c(Cl)c2)cc1Br. The molecule has 0 saturated carbocycles. The minimum Gasteiger partial charge on any atom is -0.388 e. The molecular weight excluding hydrogens is 373 g/mol. The zero-order chi connectivity index (χ0) is 15.6. The number of nitrogens with two attached hydrogens (primary N) is 1. The molecule has 0 aromatic heterocycles. The fourth-order valence-electron chi connectivity index (χ4n) is 2.22. The number of rotatable bonds is 4. The average molecular weight is 389 g/mol. The number of benzene rings is 2. The number of aliphatic hydroxyl groups excluding tert-OH is 1. The highest BCUT2D eigenvalue weighted by Crippen LogP contribution is 2.34. The number of aliphatic hydroxyl groups is 1. The standard InChI is InChI=1S/C16H16BrCl2NO/c1-9-2-3-11(6-13(9)17)16(21)12(8-20)10-4-5-14(18)15(19)7-10/h2-7,12,16,21H,8,20H2,1H3. The lowest BCUT2D eigenvalue weighted by Gasteiger charge is -2.23. The zero-order valence-electron chi connectivity index (χ0n) is 11.5. The molecule has 0 heterocycles. The molecule has 2 aromatic carbocycles. The van der Waals surface area contributed by atoms with Crippen LogP contribution < -0.4 is 5.73 Å². The van der Waals surface area contributed by atoms with E-state index in [1.807, 2.05) is 31.2 Å². The molecule has 112 valence electrons. The summed E-state index contributed by atoms with van der Waals surface area (Å²) < 4.78 is 0.962. The summed E-state index contributed by atoms with van der Waals surface area (Å²) in [5, 5.41) is 11.6. The van der Waals surface area contributed by atoms with E-state index in [1.54, 1.807) is 12.1 Å². The van der Waals surface area contributed by atoms with E-state index in [1.165, 1.54) is 0 Å². The Bertz CT molecular complexity index is 648. The Kier molecular flexibility index (Phi) is 5.69. The minimum atomic E-state index is -0.704. The normalized spacial score (nSPS) is 14.0. The lowest BCUT2D eigenvalue weighted by molar-refractivity contribution is 0.147. The van der Waals surface area contributed by atoms with Crippen molar-refractivity contribution in [3.63, 3.8) is 0 Å². The third kappa shape index (κ3) is 3.79. The van der Waals surface area contributed by atoms with Gasteiger partial charge in [0.2, 0.25) is 0 Å². The van der Waals surface area contributed by atoms with Crippen molar-refractivity contribution in [3.8, 4) is 0 Å². The maximum atomic E-state index is 10.6. The highest BCUT2D eigenvalue weighted by Gasteiger charge is 2.22. The van der Waals surface area contributed by atoms with E-state index in [0.29, 0.717) is 16.6 Å². The number of hydrogen-bond donors (Lipinski definition) is 2. The predicted octanol–water partition coefficient (Wildman–Crippen LogP) is 4.84. The van der Waals surface area contributed by atoms with Crippen molar-refractivity contribution in [2.75, 3.05) is 6.54 Å². The summed E-state index contributed by atoms with van der Waals surface area (Å²) in [7, 11) is 0. The molecule has 21 heavy (non-hydrogen) atoms. The van der Waals surface area contributed by atoms with Crippen LogP contribution in [0.15, 0.2) is 40.9 Å². The molecule has 0 aliphatic rings. The first-order chi connectivity index (χ1) is 9.93. The quantitative estimate of drug-likeness (QED) is 0.786. The molecule has 2 rings (SSSR count). The van der Waals surface area contributed by atoms with Crippen molar-refractivity contribution in [1.82, 2.24) is 0 Å². The summed E-state index contributed by atoms with van der Waals surface area (Å²) in [6.07, 6.45) is -0.704. The van der Waals surface area contributed by atoms with Gasteiger partial charge >= 0.3 is 0 Å². The van der Waals surface area contributed by atoms with Crippen molar-refractivity contribution in [3.05, 3.63) is 67.6 Å². The average Bonchev–Trinajstić information content (AvgIpc) is 2.46. The second-order valence-electron chi connectivity index (χ2n) is 4.97. The third-order valence-corrected chi connectivity index (χ3v) is 5.14. The molecule has 2 aromatic rings. The molecular formula is C16H16BrCl2NO. The largest absolute Gasteiger partial charge is 0.388 e. The van der Waals surface area contributed by atoms with Gasteiger partial charge in [0.25, 0.3) is 0 Å². The lowest BCUT2D eigenvalue weighted by atomic mass is 9.89. The Labute approximate surface area is 143 Å². The van der Waals surface area contributed by atoms with Gasteiger partial charge < -0.3 is 10.8 Å². The summed E-state index contributed by atoms with van der Waals surface area (Å²) in [4.78, 5) is 0. The van der Waals surface area contributed by atoms with Gasteiger partial charge in [0, 0.05) is 16.9 Å². The van der Waals surface area contributed by atoms with Crippen molar-refractivity contribution in [2.24, 2.45) is 5.73 Å². The second kappa shape index (κ2) is 7.12. The molecule has 3 N–H and O–H groups in total. The molecule has 0 bridgehead atoms. The monoisotopic (exact) mass is 387 g/mol. The Morgan fingerprint density at radius 3 is 2.33 bits per heavy atom. The summed E-state index contributed by atoms with van der Waals surface area (Å²) >= 11 is 15.5. The molecule has 2 nitrogen and oxygen atoms in total. The van der Waals surface area contributed by atoms with Crippen molar-refractivity contribution in [1.29, 1.82) is 0 Å². The van der Waals surface area contributed by atoms with Crippen molar-refractivity contribution < 1.29 is 5.11 Å². The van der Waals surface area contributed by atoms with E-state index in [0.717, 1.165) is 21.2 Å². The van der Waals surface area contributed by atoms with Gasteiger partial charge in [0.15, 0.2) is 0 Å². The van der Waals surface area contributed by atoms with Gasteiger partial charge in [-0.1, -0.05) is 57.3 Å². The topological polar surface area (TPSA) is 46.2 Å². The molecule has 0 saturated heterocycles. The van der Waals surface area contributed by atoms with E-state index < -0.39 is 6.10 Å². The van der Waals surface area contributed by atoms with Gasteiger partial charge in [-0.25, -0.2) is 0 Å². The number of hydrogen-bond acceptors (Lipinski definition) is 2. The van der Waals surface area contributed by atoms with Crippen molar-refractivity contribution >= 4 is 39.1 Å². The Morgan fingerprint density at radius 1 is 1.10 bits per heavy atom. The minimum absolute atomic E-state index is 0.241. The zero-order valence-corrected chi connectivity index (χ0v) is 14.6. The van der Waals surface area contributed by atoms with Crippen molar-refractivity contribution in [2.45, 2.75) is 18.9 Å². The highest BCUT2D eigenvalue weighted by atomic mass is 79.9. The first-order valence-corrected chi connectivity index (χ1v) is 8.08. The summed E-state index contributed by atoms with van der Waals surface area (Å²) in [5.74, 6) is -0.241. The van der Waals surface area contributed by atoms with Crippen LogP contribution in [0, 0.1) is 6.92 Å². The van der Waals surface area contributed by atoms with E-state index in [-0.39, 0.29) is 5.92 Å². The lowest BCUT2D eigenvalue weighted by Crippen LogP contribution is -2.20. The molecule has 0 amide bonds. The van der Waals surface area contributed by atoms with Crippen LogP contribution in [-0.2, 0) is 0 Å². The van der Waals surface area contributed by atoms with Gasteiger partial charge in [0.1, 0.15) is 0 Å². The van der Waals surface area contributed by atoms with Crippen LogP contribution in [0.5, 0.6) is 0 Å². The van der Waals surface area contributed by atoms with Crippen LogP contribution in [0.2, 0.25) is 10.0 Å². The number of halogens is 3. The molecule has 5 heteroatoms. The molecule has 0 spiro atoms. The van der Waals surface area contributed by atoms with Crippen LogP contribution in [0.4, 0.5) is 0 Å². The molecule has 2 unspecified atom stereocenters. The number of aryl methyl sites for hydroxylation is 1. The smallest absolute Gasteiger partial charge is 0.0871 e. The van der Waals surface area contributed by atoms with Gasteiger partial charge in [-0.3, -0.25) is 0 Å². The summed E-state index contributed by atoms with van der Waals surface area (Å²) in [6, 6.07) is 11.1. The van der Waals surface area contributed by atoms with Crippen LogP contribution in [-0.4, -0.2) is 11.7 Å². The van der Waals surface area contributed by atoms with Gasteiger partial charge in [0.05, 0.1) is 16.1 Å². The van der Waals surface area contributed by atoms with Crippen LogP contribution in [0.1, 0.15) is 28.7 Å². The first-order valence-electron chi connectivity index (χ1n) is 6.53. The second-order valence-corrected chi connectivity index (χ2v) is 6.64.